The van der Waals surface area contributed by atoms with Crippen LogP contribution in [0.15, 0.2) is 18.5 Å². The maximum absolute atomic E-state index is 5.96. The van der Waals surface area contributed by atoms with Crippen LogP contribution in [-0.2, 0) is 16.1 Å². The van der Waals surface area contributed by atoms with Gasteiger partial charge in [0.2, 0.25) is 0 Å². The Morgan fingerprint density at radius 1 is 1.53 bits per heavy atom. The van der Waals surface area contributed by atoms with E-state index >= 15 is 0 Å². The molecule has 0 aliphatic carbocycles. The summed E-state index contributed by atoms with van der Waals surface area (Å²) in [5, 5.41) is 0.647. The van der Waals surface area contributed by atoms with Crippen molar-refractivity contribution < 1.29 is 9.47 Å². The highest BCUT2D eigenvalue weighted by Gasteiger charge is 2.14. The second-order valence-electron chi connectivity index (χ2n) is 3.57. The summed E-state index contributed by atoms with van der Waals surface area (Å²) in [6, 6.07) is 1.87. The average molecular weight is 228 g/mol. The molecule has 1 aromatic rings. The predicted molar refractivity (Wildman–Crippen MR) is 57.6 cm³/mol. The molecule has 3 nitrogen and oxygen atoms in total. The molecule has 0 spiro atoms. The van der Waals surface area contributed by atoms with Crippen molar-refractivity contribution in [3.8, 4) is 0 Å². The van der Waals surface area contributed by atoms with E-state index < -0.39 is 0 Å². The summed E-state index contributed by atoms with van der Waals surface area (Å²) < 4.78 is 11.1. The second-order valence-corrected chi connectivity index (χ2v) is 3.98. The molecule has 1 aliphatic rings. The molecule has 2 rings (SSSR count). The molecular formula is C11H14ClNO2. The van der Waals surface area contributed by atoms with Crippen LogP contribution in [0.2, 0.25) is 5.02 Å². The molecule has 1 unspecified atom stereocenters. The van der Waals surface area contributed by atoms with Gasteiger partial charge in [-0.05, 0) is 30.9 Å². The zero-order valence-electron chi connectivity index (χ0n) is 8.49. The monoisotopic (exact) mass is 227 g/mol. The molecule has 82 valence electrons. The van der Waals surface area contributed by atoms with Crippen LogP contribution in [-0.4, -0.2) is 17.9 Å². The molecule has 1 atom stereocenters. The molecule has 4 heteroatoms. The number of aromatic nitrogens is 1. The zero-order valence-corrected chi connectivity index (χ0v) is 9.24. The topological polar surface area (TPSA) is 31.4 Å². The van der Waals surface area contributed by atoms with Gasteiger partial charge in [-0.3, -0.25) is 4.98 Å². The van der Waals surface area contributed by atoms with E-state index in [0.717, 1.165) is 25.0 Å². The summed E-state index contributed by atoms with van der Waals surface area (Å²) in [6.45, 7) is 1.29. The molecule has 0 bridgehead atoms. The summed E-state index contributed by atoms with van der Waals surface area (Å²) >= 11 is 5.96. The van der Waals surface area contributed by atoms with Gasteiger partial charge in [-0.25, -0.2) is 0 Å². The van der Waals surface area contributed by atoms with Crippen LogP contribution in [0.5, 0.6) is 0 Å². The fourth-order valence-corrected chi connectivity index (χ4v) is 1.72. The first kappa shape index (κ1) is 10.9. The Hall–Kier alpha value is -0.640. The molecule has 1 aromatic heterocycles. The van der Waals surface area contributed by atoms with Crippen LogP contribution in [0.25, 0.3) is 0 Å². The molecule has 0 aromatic carbocycles. The fourth-order valence-electron chi connectivity index (χ4n) is 1.55. The molecule has 0 radical (unpaired) electrons. The van der Waals surface area contributed by atoms with Crippen molar-refractivity contribution >= 4 is 11.6 Å². The summed E-state index contributed by atoms with van der Waals surface area (Å²) in [6.07, 6.45) is 6.56. The van der Waals surface area contributed by atoms with E-state index in [9.17, 15) is 0 Å². The lowest BCUT2D eigenvalue weighted by molar-refractivity contribution is -0.168. The van der Waals surface area contributed by atoms with Gasteiger partial charge in [-0.1, -0.05) is 11.6 Å². The lowest BCUT2D eigenvalue weighted by Crippen LogP contribution is -2.22. The fraction of sp³-hybridized carbons (Fsp3) is 0.545. The first-order valence-corrected chi connectivity index (χ1v) is 5.55. The number of hydrogen-bond acceptors (Lipinski definition) is 3. The van der Waals surface area contributed by atoms with E-state index in [4.69, 9.17) is 21.1 Å². The van der Waals surface area contributed by atoms with E-state index in [0.29, 0.717) is 11.6 Å². The van der Waals surface area contributed by atoms with Gasteiger partial charge in [-0.2, -0.15) is 0 Å². The van der Waals surface area contributed by atoms with Gasteiger partial charge in [0.25, 0.3) is 0 Å². The van der Waals surface area contributed by atoms with E-state index in [2.05, 4.69) is 4.98 Å². The minimum absolute atomic E-state index is 0.0667. The summed E-state index contributed by atoms with van der Waals surface area (Å²) in [7, 11) is 0. The van der Waals surface area contributed by atoms with Gasteiger partial charge in [-0.15, -0.1) is 0 Å². The van der Waals surface area contributed by atoms with Crippen molar-refractivity contribution in [3.63, 3.8) is 0 Å². The Kier molecular flexibility index (Phi) is 3.94. The highest BCUT2D eigenvalue weighted by Crippen LogP contribution is 2.18. The molecule has 1 fully saturated rings. The zero-order chi connectivity index (χ0) is 10.5. The lowest BCUT2D eigenvalue weighted by Gasteiger charge is -2.22. The maximum atomic E-state index is 5.96. The van der Waals surface area contributed by atoms with Crippen molar-refractivity contribution in [2.24, 2.45) is 0 Å². The third-order valence-electron chi connectivity index (χ3n) is 2.42. The minimum Gasteiger partial charge on any atom is -0.353 e. The first-order chi connectivity index (χ1) is 7.36. The molecule has 15 heavy (non-hydrogen) atoms. The van der Waals surface area contributed by atoms with Gasteiger partial charge in [0.05, 0.1) is 11.6 Å². The highest BCUT2D eigenvalue weighted by atomic mass is 35.5. The van der Waals surface area contributed by atoms with E-state index in [1.165, 1.54) is 6.42 Å². The lowest BCUT2D eigenvalue weighted by atomic mass is 10.2. The van der Waals surface area contributed by atoms with Crippen molar-refractivity contribution in [2.45, 2.75) is 32.2 Å². The van der Waals surface area contributed by atoms with Gasteiger partial charge in [0.1, 0.15) is 0 Å². The SMILES string of the molecule is Clc1cnccc1COC1CCCCO1. The maximum Gasteiger partial charge on any atom is 0.158 e. The quantitative estimate of drug-likeness (QED) is 0.796. The Labute approximate surface area is 94.4 Å². The normalized spacial score (nSPS) is 21.5. The molecule has 0 saturated carbocycles. The smallest absolute Gasteiger partial charge is 0.158 e. The van der Waals surface area contributed by atoms with Crippen molar-refractivity contribution in [2.75, 3.05) is 6.61 Å². The van der Waals surface area contributed by atoms with Crippen LogP contribution < -0.4 is 0 Å². The van der Waals surface area contributed by atoms with Gasteiger partial charge < -0.3 is 9.47 Å². The highest BCUT2D eigenvalue weighted by molar-refractivity contribution is 6.31. The minimum atomic E-state index is -0.0667. The van der Waals surface area contributed by atoms with Crippen LogP contribution >= 0.6 is 11.6 Å². The second kappa shape index (κ2) is 5.45. The third-order valence-corrected chi connectivity index (χ3v) is 2.76. The number of pyridine rings is 1. The standard InChI is InChI=1S/C11H14ClNO2/c12-10-7-13-5-4-9(10)8-15-11-3-1-2-6-14-11/h4-5,7,11H,1-3,6,8H2. The van der Waals surface area contributed by atoms with Gasteiger partial charge in [0.15, 0.2) is 6.29 Å². The molecule has 0 amide bonds. The molecule has 1 saturated heterocycles. The number of halogens is 1. The van der Waals surface area contributed by atoms with E-state index in [-0.39, 0.29) is 6.29 Å². The predicted octanol–water partition coefficient (Wildman–Crippen LogP) is 2.78. The summed E-state index contributed by atoms with van der Waals surface area (Å²) in [5.74, 6) is 0. The van der Waals surface area contributed by atoms with Crippen LogP contribution in [0.1, 0.15) is 24.8 Å². The Morgan fingerprint density at radius 3 is 3.20 bits per heavy atom. The first-order valence-electron chi connectivity index (χ1n) is 5.18. The number of hydrogen-bond donors (Lipinski definition) is 0. The number of rotatable bonds is 3. The van der Waals surface area contributed by atoms with Gasteiger partial charge in [0, 0.05) is 19.0 Å². The average Bonchev–Trinajstić information content (AvgIpc) is 2.29. The Balaban J connectivity index is 1.84. The molecular weight excluding hydrogens is 214 g/mol. The van der Waals surface area contributed by atoms with E-state index in [1.807, 2.05) is 6.07 Å². The molecule has 1 aliphatic heterocycles. The van der Waals surface area contributed by atoms with Gasteiger partial charge >= 0.3 is 0 Å². The van der Waals surface area contributed by atoms with Crippen LogP contribution in [0.4, 0.5) is 0 Å². The molecule has 0 N–H and O–H groups in total. The van der Waals surface area contributed by atoms with Crippen molar-refractivity contribution in [1.29, 1.82) is 0 Å². The number of nitrogens with zero attached hydrogens (tertiary/aromatic N) is 1. The van der Waals surface area contributed by atoms with Crippen LogP contribution in [0.3, 0.4) is 0 Å². The molecule has 2 heterocycles. The Morgan fingerprint density at radius 2 is 2.47 bits per heavy atom. The summed E-state index contributed by atoms with van der Waals surface area (Å²) in [4.78, 5) is 3.92. The Bertz CT molecular complexity index is 313. The van der Waals surface area contributed by atoms with E-state index in [1.54, 1.807) is 12.4 Å². The largest absolute Gasteiger partial charge is 0.353 e. The van der Waals surface area contributed by atoms with Crippen LogP contribution in [0, 0.1) is 0 Å². The summed E-state index contributed by atoms with van der Waals surface area (Å²) in [5.41, 5.74) is 0.959. The van der Waals surface area contributed by atoms with Crippen molar-refractivity contribution in [3.05, 3.63) is 29.0 Å². The number of ether oxygens (including phenoxy) is 2. The third kappa shape index (κ3) is 3.16. The van der Waals surface area contributed by atoms with Crippen molar-refractivity contribution in [1.82, 2.24) is 4.98 Å².